The Morgan fingerprint density at radius 2 is 1.82 bits per heavy atom. The number of sulfonamides is 1. The number of carbonyl (C=O) groups excluding carboxylic acids is 1. The molecule has 0 aromatic heterocycles. The molecule has 28 heavy (non-hydrogen) atoms. The van der Waals surface area contributed by atoms with Gasteiger partial charge < -0.3 is 10.1 Å². The topological polar surface area (TPSA) is 75.7 Å². The number of ether oxygens (including phenoxy) is 1. The second-order valence-corrected chi connectivity index (χ2v) is 8.99. The van der Waals surface area contributed by atoms with E-state index in [2.05, 4.69) is 19.2 Å². The molecular formula is C21H36N2O4S. The number of unbranched alkanes of at least 4 members (excludes halogenated alkanes) is 1. The van der Waals surface area contributed by atoms with Gasteiger partial charge in [0.2, 0.25) is 15.9 Å². The van der Waals surface area contributed by atoms with Gasteiger partial charge in [-0.25, -0.2) is 8.42 Å². The van der Waals surface area contributed by atoms with Crippen LogP contribution in [0.4, 0.5) is 5.69 Å². The molecule has 160 valence electrons. The zero-order valence-corrected chi connectivity index (χ0v) is 18.6. The fourth-order valence-electron chi connectivity index (χ4n) is 3.03. The molecule has 1 amide bonds. The number of benzene rings is 1. The van der Waals surface area contributed by atoms with Crippen LogP contribution in [0, 0.1) is 5.92 Å². The van der Waals surface area contributed by atoms with E-state index in [4.69, 9.17) is 4.74 Å². The Bertz CT molecular complexity index is 674. The molecule has 0 spiro atoms. The highest BCUT2D eigenvalue weighted by atomic mass is 32.2. The largest absolute Gasteiger partial charge is 0.494 e. The average Bonchev–Trinajstić information content (AvgIpc) is 2.65. The zero-order valence-electron chi connectivity index (χ0n) is 17.7. The molecule has 0 unspecified atom stereocenters. The van der Waals surface area contributed by atoms with Crippen LogP contribution in [0.5, 0.6) is 5.75 Å². The summed E-state index contributed by atoms with van der Waals surface area (Å²) in [5.74, 6) is 1.20. The van der Waals surface area contributed by atoms with Crippen LogP contribution < -0.4 is 14.4 Å². The fourth-order valence-corrected chi connectivity index (χ4v) is 4.00. The highest BCUT2D eigenvalue weighted by molar-refractivity contribution is 7.92. The standard InChI is InChI=1S/C21H36N2O4S/c1-5-8-10-18(6-2)17-22-21(24)11-9-16-23(28(4,25)26)19-12-14-20(15-13-19)27-7-3/h12-15,18H,5-11,16-17H2,1-4H3,(H,22,24)/t18-/m0/s1. The Balaban J connectivity index is 2.54. The summed E-state index contributed by atoms with van der Waals surface area (Å²) < 4.78 is 31.1. The van der Waals surface area contributed by atoms with Crippen LogP contribution in [-0.2, 0) is 14.8 Å². The van der Waals surface area contributed by atoms with Gasteiger partial charge in [-0.3, -0.25) is 9.10 Å². The van der Waals surface area contributed by atoms with Crippen LogP contribution in [0.25, 0.3) is 0 Å². The number of nitrogens with zero attached hydrogens (tertiary/aromatic N) is 1. The van der Waals surface area contributed by atoms with Crippen molar-refractivity contribution < 1.29 is 17.9 Å². The normalized spacial score (nSPS) is 12.4. The molecule has 0 aliphatic rings. The summed E-state index contributed by atoms with van der Waals surface area (Å²) in [5.41, 5.74) is 0.581. The van der Waals surface area contributed by atoms with Crippen molar-refractivity contribution in [2.45, 2.75) is 59.3 Å². The van der Waals surface area contributed by atoms with Gasteiger partial charge in [0, 0.05) is 19.5 Å². The van der Waals surface area contributed by atoms with E-state index in [0.29, 0.717) is 43.3 Å². The van der Waals surface area contributed by atoms with Crippen LogP contribution in [0.1, 0.15) is 59.3 Å². The zero-order chi connectivity index (χ0) is 21.0. The first-order chi connectivity index (χ1) is 13.3. The van der Waals surface area contributed by atoms with Crippen LogP contribution in [0.15, 0.2) is 24.3 Å². The second-order valence-electron chi connectivity index (χ2n) is 7.09. The minimum Gasteiger partial charge on any atom is -0.494 e. The highest BCUT2D eigenvalue weighted by Crippen LogP contribution is 2.22. The first-order valence-corrected chi connectivity index (χ1v) is 12.1. The maximum absolute atomic E-state index is 12.2. The predicted molar refractivity (Wildman–Crippen MR) is 115 cm³/mol. The minimum atomic E-state index is -3.42. The number of hydrogen-bond donors (Lipinski definition) is 1. The number of hydrogen-bond acceptors (Lipinski definition) is 4. The maximum atomic E-state index is 12.2. The van der Waals surface area contributed by atoms with E-state index in [1.54, 1.807) is 24.3 Å². The van der Waals surface area contributed by atoms with Gasteiger partial charge in [-0.05, 0) is 49.9 Å². The summed E-state index contributed by atoms with van der Waals surface area (Å²) >= 11 is 0. The Hall–Kier alpha value is -1.76. The summed E-state index contributed by atoms with van der Waals surface area (Å²) in [5, 5.41) is 2.99. The summed E-state index contributed by atoms with van der Waals surface area (Å²) in [6, 6.07) is 6.97. The van der Waals surface area contributed by atoms with Crippen molar-refractivity contribution in [3.8, 4) is 5.75 Å². The Labute approximate surface area is 170 Å². The molecular weight excluding hydrogens is 376 g/mol. The van der Waals surface area contributed by atoms with Gasteiger partial charge in [-0.15, -0.1) is 0 Å². The summed E-state index contributed by atoms with van der Waals surface area (Å²) in [4.78, 5) is 12.1. The van der Waals surface area contributed by atoms with Gasteiger partial charge in [0.1, 0.15) is 5.75 Å². The third-order valence-corrected chi connectivity index (χ3v) is 5.93. The van der Waals surface area contributed by atoms with Gasteiger partial charge in [0.15, 0.2) is 0 Å². The van der Waals surface area contributed by atoms with Crippen LogP contribution in [0.2, 0.25) is 0 Å². The van der Waals surface area contributed by atoms with Crippen molar-refractivity contribution in [2.24, 2.45) is 5.92 Å². The van der Waals surface area contributed by atoms with E-state index in [0.717, 1.165) is 19.3 Å². The summed E-state index contributed by atoms with van der Waals surface area (Å²) in [7, 11) is -3.42. The summed E-state index contributed by atoms with van der Waals surface area (Å²) in [6.45, 7) is 7.74. The molecule has 0 bridgehead atoms. The first-order valence-electron chi connectivity index (χ1n) is 10.3. The molecule has 7 heteroatoms. The molecule has 1 atom stereocenters. The first kappa shape index (κ1) is 24.3. The smallest absolute Gasteiger partial charge is 0.232 e. The van der Waals surface area contributed by atoms with E-state index >= 15 is 0 Å². The third-order valence-electron chi connectivity index (χ3n) is 4.73. The van der Waals surface area contributed by atoms with E-state index in [-0.39, 0.29) is 12.5 Å². The number of carbonyl (C=O) groups is 1. The lowest BCUT2D eigenvalue weighted by Gasteiger charge is -2.22. The number of rotatable bonds is 14. The molecule has 0 heterocycles. The van der Waals surface area contributed by atoms with Crippen molar-refractivity contribution in [1.29, 1.82) is 0 Å². The van der Waals surface area contributed by atoms with E-state index in [9.17, 15) is 13.2 Å². The molecule has 6 nitrogen and oxygen atoms in total. The molecule has 0 aliphatic heterocycles. The van der Waals surface area contributed by atoms with Crippen LogP contribution in [-0.4, -0.2) is 40.3 Å². The van der Waals surface area contributed by atoms with Crippen molar-refractivity contribution in [2.75, 3.05) is 30.3 Å². The molecule has 1 aromatic carbocycles. The Kier molecular flexibility index (Phi) is 11.0. The average molecular weight is 413 g/mol. The Morgan fingerprint density at radius 3 is 2.36 bits per heavy atom. The SMILES string of the molecule is CCCC[C@H](CC)CNC(=O)CCCN(c1ccc(OCC)cc1)S(C)(=O)=O. The third kappa shape index (κ3) is 8.95. The van der Waals surface area contributed by atoms with Crippen LogP contribution in [0.3, 0.4) is 0 Å². The maximum Gasteiger partial charge on any atom is 0.232 e. The lowest BCUT2D eigenvalue weighted by atomic mass is 9.99. The van der Waals surface area contributed by atoms with Crippen LogP contribution >= 0.6 is 0 Å². The quantitative estimate of drug-likeness (QED) is 0.502. The van der Waals surface area contributed by atoms with E-state index < -0.39 is 10.0 Å². The molecule has 1 N–H and O–H groups in total. The minimum absolute atomic E-state index is 0.0184. The van der Waals surface area contributed by atoms with Crippen molar-refractivity contribution in [1.82, 2.24) is 5.32 Å². The van der Waals surface area contributed by atoms with Crippen molar-refractivity contribution in [3.05, 3.63) is 24.3 Å². The van der Waals surface area contributed by atoms with Gasteiger partial charge in [-0.1, -0.05) is 33.1 Å². The van der Waals surface area contributed by atoms with E-state index in [1.165, 1.54) is 17.0 Å². The molecule has 0 radical (unpaired) electrons. The number of amides is 1. The number of anilines is 1. The molecule has 0 saturated heterocycles. The van der Waals surface area contributed by atoms with E-state index in [1.807, 2.05) is 6.92 Å². The van der Waals surface area contributed by atoms with Crippen molar-refractivity contribution >= 4 is 21.6 Å². The second kappa shape index (κ2) is 12.6. The molecule has 0 fully saturated rings. The van der Waals surface area contributed by atoms with Gasteiger partial charge in [0.05, 0.1) is 18.6 Å². The number of nitrogens with one attached hydrogen (secondary N) is 1. The Morgan fingerprint density at radius 1 is 1.14 bits per heavy atom. The van der Waals surface area contributed by atoms with Crippen molar-refractivity contribution in [3.63, 3.8) is 0 Å². The fraction of sp³-hybridized carbons (Fsp3) is 0.667. The molecule has 0 aliphatic carbocycles. The lowest BCUT2D eigenvalue weighted by Crippen LogP contribution is -2.33. The lowest BCUT2D eigenvalue weighted by molar-refractivity contribution is -0.121. The summed E-state index contributed by atoms with van der Waals surface area (Å²) in [6.07, 6.45) is 6.50. The monoisotopic (exact) mass is 412 g/mol. The molecule has 0 saturated carbocycles. The predicted octanol–water partition coefficient (Wildman–Crippen LogP) is 3.96. The van der Waals surface area contributed by atoms with Gasteiger partial charge >= 0.3 is 0 Å². The molecule has 1 aromatic rings. The van der Waals surface area contributed by atoms with Gasteiger partial charge in [-0.2, -0.15) is 0 Å². The molecule has 1 rings (SSSR count). The van der Waals surface area contributed by atoms with Gasteiger partial charge in [0.25, 0.3) is 0 Å². The highest BCUT2D eigenvalue weighted by Gasteiger charge is 2.18.